The van der Waals surface area contributed by atoms with Crippen molar-refractivity contribution in [1.29, 1.82) is 0 Å². The molecule has 0 N–H and O–H groups in total. The number of carboxylic acids is 2. The van der Waals surface area contributed by atoms with Crippen molar-refractivity contribution in [1.82, 2.24) is 0 Å². The van der Waals surface area contributed by atoms with E-state index >= 15 is 0 Å². The molecule has 0 saturated carbocycles. The number of carbonyl (C=O) groups excluding carboxylic acids is 2. The van der Waals surface area contributed by atoms with Gasteiger partial charge in [-0.2, -0.15) is 0 Å². The Morgan fingerprint density at radius 3 is 1.08 bits per heavy atom. The van der Waals surface area contributed by atoms with Crippen LogP contribution in [-0.2, 0) is 36.9 Å². The van der Waals surface area contributed by atoms with Crippen LogP contribution in [0, 0.1) is 0 Å². The molecule has 0 spiro atoms. The molecule has 0 radical (unpaired) electrons. The number of halogens is 2. The van der Waals surface area contributed by atoms with Gasteiger partial charge in [0.15, 0.2) is 0 Å². The van der Waals surface area contributed by atoms with Gasteiger partial charge in [0.2, 0.25) is 0 Å². The molecule has 0 heterocycles. The van der Waals surface area contributed by atoms with Crippen molar-refractivity contribution >= 4 is 35.1 Å². The third-order valence-corrected chi connectivity index (χ3v) is 1.01. The average molecular weight is 327 g/mol. The summed E-state index contributed by atoms with van der Waals surface area (Å²) in [5.74, 6) is -2.45. The van der Waals surface area contributed by atoms with E-state index in [1.54, 1.807) is 0 Å². The van der Waals surface area contributed by atoms with Gasteiger partial charge < -0.3 is 19.8 Å². The summed E-state index contributed by atoms with van der Waals surface area (Å²) in [7, 11) is 0. The molecule has 4 nitrogen and oxygen atoms in total. The molecule has 0 aliphatic heterocycles. The number of alkyl halides is 2. The quantitative estimate of drug-likeness (QED) is 0.468. The molecule has 0 saturated heterocycles. The second-order valence-corrected chi connectivity index (χ2v) is 3.18. The summed E-state index contributed by atoms with van der Waals surface area (Å²) in [4.78, 5) is 18.9. The fourth-order valence-electron chi connectivity index (χ4n) is 0. The zero-order chi connectivity index (χ0) is 10.3. The topological polar surface area (TPSA) is 80.3 Å². The summed E-state index contributed by atoms with van der Waals surface area (Å²) < 4.78 is 0. The molecule has 0 fully saturated rings. The van der Waals surface area contributed by atoms with Crippen molar-refractivity contribution in [2.24, 2.45) is 0 Å². The van der Waals surface area contributed by atoms with Gasteiger partial charge in [-0.1, -0.05) is 0 Å². The van der Waals surface area contributed by atoms with Gasteiger partial charge in [-0.3, -0.25) is 0 Å². The summed E-state index contributed by atoms with van der Waals surface area (Å²) in [6, 6.07) is 0. The average Bonchev–Trinajstić information content (AvgIpc) is 1.88. The minimum Gasteiger partial charge on any atom is -0.549 e. The minimum absolute atomic E-state index is 0. The number of hydrogen-bond acceptors (Lipinski definition) is 4. The molecule has 2 atom stereocenters. The van der Waals surface area contributed by atoms with Crippen LogP contribution in [0.2, 0.25) is 0 Å². The van der Waals surface area contributed by atoms with E-state index in [2.05, 4.69) is 0 Å². The Hall–Kier alpha value is 0.442. The predicted molar refractivity (Wildman–Crippen MR) is 40.6 cm³/mol. The Kier molecular flexibility index (Phi) is 15.4. The van der Waals surface area contributed by atoms with Crippen LogP contribution in [0.25, 0.3) is 0 Å². The van der Waals surface area contributed by atoms with Crippen LogP contribution in [0.4, 0.5) is 0 Å². The Morgan fingerprint density at radius 2 is 1.08 bits per heavy atom. The first-order valence-electron chi connectivity index (χ1n) is 2.98. The standard InChI is InChI=1S/2C3H5ClO2.Cd/c2*1-2(4)3(5)6;/h2*2H,1H3,(H,5,6);/q;;+2/p-2. The Bertz CT molecular complexity index is 143. The second kappa shape index (κ2) is 10.5. The summed E-state index contributed by atoms with van der Waals surface area (Å²) >= 11 is 9.90. The minimum atomic E-state index is -1.23. The van der Waals surface area contributed by atoms with Crippen molar-refractivity contribution in [3.05, 3.63) is 0 Å². The molecule has 7 heteroatoms. The Balaban J connectivity index is -0.000000143. The molecule has 0 aromatic rings. The van der Waals surface area contributed by atoms with E-state index in [1.807, 2.05) is 0 Å². The van der Waals surface area contributed by atoms with E-state index in [4.69, 9.17) is 23.2 Å². The van der Waals surface area contributed by atoms with Gasteiger partial charge in [-0.05, 0) is 13.8 Å². The van der Waals surface area contributed by atoms with E-state index < -0.39 is 22.7 Å². The second-order valence-electron chi connectivity index (χ2n) is 1.87. The molecule has 2 unspecified atom stereocenters. The number of hydrogen-bond donors (Lipinski definition) is 0. The van der Waals surface area contributed by atoms with Crippen molar-refractivity contribution in [3.63, 3.8) is 0 Å². The van der Waals surface area contributed by atoms with Crippen molar-refractivity contribution in [2.45, 2.75) is 24.6 Å². The first-order valence-corrected chi connectivity index (χ1v) is 3.86. The maximum atomic E-state index is 9.46. The molecule has 0 aromatic heterocycles. The van der Waals surface area contributed by atoms with Gasteiger partial charge in [0.1, 0.15) is 0 Å². The maximum Gasteiger partial charge on any atom is 2.00 e. The van der Waals surface area contributed by atoms with Crippen LogP contribution in [0.1, 0.15) is 13.8 Å². The van der Waals surface area contributed by atoms with E-state index in [1.165, 1.54) is 13.8 Å². The molecular formula is C6H8CdCl2O4. The Labute approximate surface area is 106 Å². The molecule has 0 aromatic carbocycles. The van der Waals surface area contributed by atoms with E-state index in [0.29, 0.717) is 0 Å². The molecule has 0 bridgehead atoms. The van der Waals surface area contributed by atoms with Crippen LogP contribution < -0.4 is 10.2 Å². The van der Waals surface area contributed by atoms with Crippen LogP contribution >= 0.6 is 23.2 Å². The molecule has 13 heavy (non-hydrogen) atoms. The third kappa shape index (κ3) is 19.0. The number of rotatable bonds is 2. The summed E-state index contributed by atoms with van der Waals surface area (Å²) in [6.07, 6.45) is 0. The van der Waals surface area contributed by atoms with Gasteiger partial charge in [-0.15, -0.1) is 23.2 Å². The van der Waals surface area contributed by atoms with Gasteiger partial charge in [0.25, 0.3) is 0 Å². The van der Waals surface area contributed by atoms with Crippen LogP contribution in [-0.4, -0.2) is 22.7 Å². The smallest absolute Gasteiger partial charge is 0.549 e. The van der Waals surface area contributed by atoms with Gasteiger partial charge in [0.05, 0.1) is 22.7 Å². The normalized spacial score (nSPS) is 12.6. The van der Waals surface area contributed by atoms with Crippen LogP contribution in [0.15, 0.2) is 0 Å². The van der Waals surface area contributed by atoms with Gasteiger partial charge in [-0.25, -0.2) is 0 Å². The van der Waals surface area contributed by atoms with Crippen molar-refractivity contribution in [3.8, 4) is 0 Å². The van der Waals surface area contributed by atoms with Gasteiger partial charge in [0, 0.05) is 0 Å². The van der Waals surface area contributed by atoms with Crippen LogP contribution in [0.5, 0.6) is 0 Å². The molecule has 72 valence electrons. The monoisotopic (exact) mass is 328 g/mol. The van der Waals surface area contributed by atoms with E-state index in [-0.39, 0.29) is 27.3 Å². The number of aliphatic carboxylic acids is 2. The zero-order valence-corrected chi connectivity index (χ0v) is 12.8. The maximum absolute atomic E-state index is 9.46. The fourth-order valence-corrected chi connectivity index (χ4v) is 0. The fraction of sp³-hybridized carbons (Fsp3) is 0.667. The summed E-state index contributed by atoms with van der Waals surface area (Å²) in [5, 5.41) is 17.2. The largest absolute Gasteiger partial charge is 2.00 e. The molecule has 0 rings (SSSR count). The first kappa shape index (κ1) is 19.1. The first-order chi connectivity index (χ1) is 5.29. The Morgan fingerprint density at radius 1 is 1.00 bits per heavy atom. The van der Waals surface area contributed by atoms with E-state index in [9.17, 15) is 19.8 Å². The van der Waals surface area contributed by atoms with Crippen LogP contribution in [0.3, 0.4) is 0 Å². The predicted octanol–water partition coefficient (Wildman–Crippen LogP) is -1.28. The summed E-state index contributed by atoms with van der Waals surface area (Å²) in [6.45, 7) is 2.69. The van der Waals surface area contributed by atoms with E-state index in [0.717, 1.165) is 0 Å². The molecule has 0 amide bonds. The molecule has 0 aliphatic rings. The zero-order valence-electron chi connectivity index (χ0n) is 7.25. The summed E-state index contributed by atoms with van der Waals surface area (Å²) in [5.41, 5.74) is 0. The van der Waals surface area contributed by atoms with Crippen molar-refractivity contribution in [2.75, 3.05) is 0 Å². The number of carbonyl (C=O) groups is 2. The SMILES string of the molecule is CC(Cl)C(=O)[O-].CC(Cl)C(=O)[O-].[Cd+2]. The van der Waals surface area contributed by atoms with Crippen molar-refractivity contribution < 1.29 is 47.1 Å². The number of carboxylic acid groups (broad SMARTS) is 2. The third-order valence-electron chi connectivity index (χ3n) is 0.650. The van der Waals surface area contributed by atoms with Gasteiger partial charge >= 0.3 is 27.3 Å². The molecular weight excluding hydrogens is 319 g/mol. The molecule has 0 aliphatic carbocycles.